The van der Waals surface area contributed by atoms with Gasteiger partial charge in [0, 0.05) is 44.6 Å². The summed E-state index contributed by atoms with van der Waals surface area (Å²) in [6.45, 7) is 3.61. The molecule has 2 fully saturated rings. The second-order valence-electron chi connectivity index (χ2n) is 6.68. The van der Waals surface area contributed by atoms with Gasteiger partial charge in [-0.05, 0) is 32.1 Å². The first-order chi connectivity index (χ1) is 10.4. The maximum atomic E-state index is 13.2. The molecule has 0 aromatic rings. The minimum atomic E-state index is -2.49. The Morgan fingerprint density at radius 3 is 2.32 bits per heavy atom. The monoisotopic (exact) mass is 318 g/mol. The van der Waals surface area contributed by atoms with Gasteiger partial charge in [-0.2, -0.15) is 0 Å². The smallest absolute Gasteiger partial charge is 0.407 e. The Kier molecular flexibility index (Phi) is 6.01. The van der Waals surface area contributed by atoms with E-state index in [4.69, 9.17) is 0 Å². The van der Waals surface area contributed by atoms with Gasteiger partial charge in [0.25, 0.3) is 5.92 Å². The predicted octanol–water partition coefficient (Wildman–Crippen LogP) is 3.81. The molecule has 1 saturated carbocycles. The molecule has 6 heteroatoms. The molecular formula is C16H28F2N2O2. The van der Waals surface area contributed by atoms with Crippen molar-refractivity contribution < 1.29 is 18.7 Å². The van der Waals surface area contributed by atoms with Gasteiger partial charge >= 0.3 is 6.09 Å². The summed E-state index contributed by atoms with van der Waals surface area (Å²) in [4.78, 5) is 15.2. The minimum absolute atomic E-state index is 0.0370. The summed E-state index contributed by atoms with van der Waals surface area (Å²) in [5, 5.41) is 9.36. The number of piperidine rings is 1. The van der Waals surface area contributed by atoms with Crippen molar-refractivity contribution in [3.8, 4) is 0 Å². The van der Waals surface area contributed by atoms with Gasteiger partial charge in [-0.3, -0.25) is 4.90 Å². The third-order valence-electron chi connectivity index (χ3n) is 5.15. The van der Waals surface area contributed by atoms with Crippen LogP contribution in [-0.4, -0.2) is 58.6 Å². The zero-order valence-corrected chi connectivity index (χ0v) is 13.4. The highest BCUT2D eigenvalue weighted by atomic mass is 19.3. The first-order valence-electron chi connectivity index (χ1n) is 8.54. The van der Waals surface area contributed by atoms with Crippen LogP contribution in [0.4, 0.5) is 13.6 Å². The number of likely N-dealkylation sites (tertiary alicyclic amines) is 1. The van der Waals surface area contributed by atoms with Crippen molar-refractivity contribution in [3.63, 3.8) is 0 Å². The number of carbonyl (C=O) groups is 1. The minimum Gasteiger partial charge on any atom is -0.465 e. The summed E-state index contributed by atoms with van der Waals surface area (Å²) in [6.07, 6.45) is 4.54. The number of alkyl halides is 2. The summed E-state index contributed by atoms with van der Waals surface area (Å²) >= 11 is 0. The molecule has 0 bridgehead atoms. The molecule has 0 spiro atoms. The van der Waals surface area contributed by atoms with Crippen LogP contribution < -0.4 is 0 Å². The number of amides is 1. The van der Waals surface area contributed by atoms with Crippen molar-refractivity contribution in [2.75, 3.05) is 19.6 Å². The number of rotatable bonds is 5. The summed E-state index contributed by atoms with van der Waals surface area (Å²) in [7, 11) is 0. The van der Waals surface area contributed by atoms with E-state index in [2.05, 4.69) is 11.8 Å². The van der Waals surface area contributed by atoms with E-state index >= 15 is 0 Å². The Hall–Kier alpha value is -0.910. The fraction of sp³-hybridized carbons (Fsp3) is 0.938. The number of hydrogen-bond donors (Lipinski definition) is 1. The molecule has 0 aromatic carbocycles. The van der Waals surface area contributed by atoms with E-state index in [1.54, 1.807) is 4.90 Å². The highest BCUT2D eigenvalue weighted by Crippen LogP contribution is 2.33. The molecule has 2 rings (SSSR count). The van der Waals surface area contributed by atoms with Crippen LogP contribution in [-0.2, 0) is 0 Å². The van der Waals surface area contributed by atoms with E-state index in [-0.39, 0.29) is 18.9 Å². The normalized spacial score (nSPS) is 29.2. The third-order valence-corrected chi connectivity index (χ3v) is 5.15. The molecule has 0 aromatic heterocycles. The number of nitrogens with zero attached hydrogens (tertiary/aromatic N) is 2. The van der Waals surface area contributed by atoms with E-state index in [0.29, 0.717) is 25.7 Å². The Balaban J connectivity index is 1.80. The molecule has 1 heterocycles. The van der Waals surface area contributed by atoms with Gasteiger partial charge in [-0.1, -0.05) is 13.3 Å². The maximum absolute atomic E-state index is 13.2. The summed E-state index contributed by atoms with van der Waals surface area (Å²) in [5.41, 5.74) is 0. The topological polar surface area (TPSA) is 43.8 Å². The SMILES string of the molecule is CCCCN(C(=O)O)C1CCC(N2CCC(F)(F)CC2)CC1. The molecule has 128 valence electrons. The quantitative estimate of drug-likeness (QED) is 0.838. The molecule has 22 heavy (non-hydrogen) atoms. The molecular weight excluding hydrogens is 290 g/mol. The van der Waals surface area contributed by atoms with Crippen LogP contribution >= 0.6 is 0 Å². The fourth-order valence-electron chi connectivity index (χ4n) is 3.71. The lowest BCUT2D eigenvalue weighted by atomic mass is 9.88. The molecule has 1 N–H and O–H groups in total. The Bertz CT molecular complexity index is 361. The molecule has 0 atom stereocenters. The van der Waals surface area contributed by atoms with Crippen LogP contribution in [0, 0.1) is 0 Å². The largest absolute Gasteiger partial charge is 0.465 e. The summed E-state index contributed by atoms with van der Waals surface area (Å²) < 4.78 is 26.4. The average molecular weight is 318 g/mol. The van der Waals surface area contributed by atoms with Crippen molar-refractivity contribution in [2.24, 2.45) is 0 Å². The van der Waals surface area contributed by atoms with Crippen LogP contribution in [0.2, 0.25) is 0 Å². The standard InChI is InChI=1S/C16H28F2N2O2/c1-2-3-10-20(15(21)22)14-6-4-13(5-7-14)19-11-8-16(17,18)9-12-19/h13-14H,2-12H2,1H3,(H,21,22). The zero-order chi connectivity index (χ0) is 16.2. The molecule has 2 aliphatic rings. The average Bonchev–Trinajstić information content (AvgIpc) is 2.48. The summed E-state index contributed by atoms with van der Waals surface area (Å²) in [6, 6.07) is 0.459. The van der Waals surface area contributed by atoms with Crippen LogP contribution in [0.5, 0.6) is 0 Å². The summed E-state index contributed by atoms with van der Waals surface area (Å²) in [5.74, 6) is -2.49. The van der Waals surface area contributed by atoms with Gasteiger partial charge in [0.05, 0.1) is 0 Å². The Morgan fingerprint density at radius 1 is 1.23 bits per heavy atom. The molecule has 1 saturated heterocycles. The van der Waals surface area contributed by atoms with Gasteiger partial charge < -0.3 is 10.0 Å². The molecule has 1 aliphatic carbocycles. The first kappa shape index (κ1) is 17.4. The van der Waals surface area contributed by atoms with E-state index in [9.17, 15) is 18.7 Å². The van der Waals surface area contributed by atoms with E-state index in [1.165, 1.54) is 0 Å². The Morgan fingerprint density at radius 2 is 1.82 bits per heavy atom. The number of halogens is 2. The molecule has 1 aliphatic heterocycles. The van der Waals surface area contributed by atoms with E-state index in [1.807, 2.05) is 0 Å². The van der Waals surface area contributed by atoms with Gasteiger partial charge in [-0.25, -0.2) is 13.6 Å². The lowest BCUT2D eigenvalue weighted by molar-refractivity contribution is -0.0671. The second kappa shape index (κ2) is 7.57. The molecule has 0 unspecified atom stereocenters. The lowest BCUT2D eigenvalue weighted by Gasteiger charge is -2.42. The number of unbranched alkanes of at least 4 members (excludes halogenated alkanes) is 1. The van der Waals surface area contributed by atoms with Gasteiger partial charge in [0.15, 0.2) is 0 Å². The van der Waals surface area contributed by atoms with E-state index < -0.39 is 12.0 Å². The second-order valence-corrected chi connectivity index (χ2v) is 6.68. The van der Waals surface area contributed by atoms with Crippen molar-refractivity contribution in [1.29, 1.82) is 0 Å². The lowest BCUT2D eigenvalue weighted by Crippen LogP contribution is -2.49. The van der Waals surface area contributed by atoms with Crippen LogP contribution in [0.3, 0.4) is 0 Å². The molecule has 0 radical (unpaired) electrons. The Labute approximate surface area is 131 Å². The van der Waals surface area contributed by atoms with Crippen molar-refractivity contribution in [3.05, 3.63) is 0 Å². The highest BCUT2D eigenvalue weighted by Gasteiger charge is 2.38. The number of hydrogen-bond acceptors (Lipinski definition) is 2. The van der Waals surface area contributed by atoms with Gasteiger partial charge in [0.2, 0.25) is 0 Å². The van der Waals surface area contributed by atoms with Crippen molar-refractivity contribution in [2.45, 2.75) is 76.3 Å². The van der Waals surface area contributed by atoms with Crippen LogP contribution in [0.1, 0.15) is 58.3 Å². The predicted molar refractivity (Wildman–Crippen MR) is 81.4 cm³/mol. The third kappa shape index (κ3) is 4.54. The molecule has 1 amide bonds. The highest BCUT2D eigenvalue weighted by molar-refractivity contribution is 5.65. The van der Waals surface area contributed by atoms with Crippen LogP contribution in [0.25, 0.3) is 0 Å². The maximum Gasteiger partial charge on any atom is 0.407 e. The van der Waals surface area contributed by atoms with Crippen molar-refractivity contribution in [1.82, 2.24) is 9.80 Å². The van der Waals surface area contributed by atoms with Gasteiger partial charge in [-0.15, -0.1) is 0 Å². The first-order valence-corrected chi connectivity index (χ1v) is 8.54. The zero-order valence-electron chi connectivity index (χ0n) is 13.4. The van der Waals surface area contributed by atoms with E-state index in [0.717, 1.165) is 38.5 Å². The number of carboxylic acid groups (broad SMARTS) is 1. The van der Waals surface area contributed by atoms with Crippen molar-refractivity contribution >= 4 is 6.09 Å². The fourth-order valence-corrected chi connectivity index (χ4v) is 3.71. The van der Waals surface area contributed by atoms with Gasteiger partial charge in [0.1, 0.15) is 0 Å². The molecule has 4 nitrogen and oxygen atoms in total. The van der Waals surface area contributed by atoms with Crippen LogP contribution in [0.15, 0.2) is 0 Å².